The molecule has 0 unspecified atom stereocenters. The number of aromatic nitrogens is 1. The number of anilines is 2. The Balaban J connectivity index is 0.00000312. The number of allylic oxidation sites excluding steroid dienone is 1. The normalized spacial score (nSPS) is 19.6. The van der Waals surface area contributed by atoms with E-state index < -0.39 is 46.8 Å². The van der Waals surface area contributed by atoms with Crippen molar-refractivity contribution >= 4 is 134 Å². The number of thioether (sulfide) groups is 1. The molecule has 0 saturated carbocycles. The number of nitrogen functional groups attached to an aromatic ring is 1. The number of carboxylic acids is 2. The van der Waals surface area contributed by atoms with Crippen molar-refractivity contribution in [3.8, 4) is 0 Å². The molecule has 7 N–H and O–H groups in total. The molecule has 5 rings (SSSR count). The molecule has 0 bridgehead atoms. The third-order valence-electron chi connectivity index (χ3n) is 7.31. The van der Waals surface area contributed by atoms with Gasteiger partial charge in [0.1, 0.15) is 22.8 Å². The first-order chi connectivity index (χ1) is 22.0. The Morgan fingerprint density at radius 1 is 1.10 bits per heavy atom. The molecule has 3 aliphatic rings. The van der Waals surface area contributed by atoms with Gasteiger partial charge in [0.15, 0.2) is 10.8 Å². The van der Waals surface area contributed by atoms with E-state index in [1.807, 2.05) is 0 Å². The molecule has 48 heavy (non-hydrogen) atoms. The Bertz CT molecular complexity index is 1730. The van der Waals surface area contributed by atoms with Crippen molar-refractivity contribution in [3.63, 3.8) is 0 Å². The summed E-state index contributed by atoms with van der Waals surface area (Å²) in [5, 5.41) is 37.0. The van der Waals surface area contributed by atoms with Gasteiger partial charge in [0.25, 0.3) is 11.8 Å². The third kappa shape index (κ3) is 8.67. The van der Waals surface area contributed by atoms with Crippen molar-refractivity contribution in [2.24, 2.45) is 5.16 Å². The van der Waals surface area contributed by atoms with Gasteiger partial charge in [-0.1, -0.05) is 17.3 Å². The SMILES string of the molecule is Nc1nc(/C(=N/O)C(=O)N[C@@H]2C(=O)N3C(C(=O)O)=C(/C=C4\CCN(Cc5ccc(NC(=O)CCC(=O)O)cc5)C4=O)CS[C@H]23)cs1.[NaH].[NaH]. The molecule has 1 aromatic heterocycles. The minimum absolute atomic E-state index is 0. The van der Waals surface area contributed by atoms with Crippen molar-refractivity contribution in [2.75, 3.05) is 23.3 Å². The van der Waals surface area contributed by atoms with E-state index in [-0.39, 0.29) is 112 Å². The Kier molecular flexibility index (Phi) is 13.8. The molecule has 2 aromatic rings. The summed E-state index contributed by atoms with van der Waals surface area (Å²) in [4.78, 5) is 80.4. The van der Waals surface area contributed by atoms with E-state index in [1.54, 1.807) is 29.2 Å². The number of carbonyl (C=O) groups excluding carboxylic acids is 4. The maximum absolute atomic E-state index is 13.2. The summed E-state index contributed by atoms with van der Waals surface area (Å²) in [6, 6.07) is 5.68. The van der Waals surface area contributed by atoms with Crippen LogP contribution in [0.2, 0.25) is 0 Å². The first kappa shape index (κ1) is 39.2. The zero-order valence-corrected chi connectivity index (χ0v) is 25.5. The molecule has 4 heterocycles. The quantitative estimate of drug-likeness (QED) is 0.0431. The predicted molar refractivity (Wildman–Crippen MR) is 179 cm³/mol. The Labute approximate surface area is 325 Å². The van der Waals surface area contributed by atoms with Crippen LogP contribution < -0.4 is 16.4 Å². The average molecular weight is 718 g/mol. The summed E-state index contributed by atoms with van der Waals surface area (Å²) in [6.45, 7) is 0.656. The Hall–Kier alpha value is -3.23. The van der Waals surface area contributed by atoms with Crippen LogP contribution in [0.4, 0.5) is 10.8 Å². The van der Waals surface area contributed by atoms with Gasteiger partial charge in [-0.15, -0.1) is 23.1 Å². The van der Waals surface area contributed by atoms with E-state index in [1.165, 1.54) is 23.2 Å². The van der Waals surface area contributed by atoms with Crippen LogP contribution in [0.1, 0.15) is 30.5 Å². The number of amides is 4. The second kappa shape index (κ2) is 16.9. The molecule has 2 atom stereocenters. The first-order valence-electron chi connectivity index (χ1n) is 13.7. The van der Waals surface area contributed by atoms with E-state index >= 15 is 0 Å². The topological polar surface area (TPSA) is 245 Å². The standard InChI is InChI=1S/C28H27N7O9S2.2Na.2H/c29-28-31-17(12-46-28)20(33-44)23(39)32-21-25(41)35-22(27(42)43)15(11-45-26(21)35)9-14-7-8-34(24(14)40)10-13-1-3-16(4-2-13)30-18(36)5-6-19(37)38;;;;/h1-4,9,12,21,26,44H,5-8,10-11H2,(H2,29,31)(H,30,36)(H,32,39)(H,37,38)(H,42,43);;;;/b14-9+,33-20-;;;;/t21-,26-;;;;/m1..../s1. The molecule has 0 radical (unpaired) electrons. The van der Waals surface area contributed by atoms with Gasteiger partial charge >= 0.3 is 71.1 Å². The number of fused-ring (bicyclic) bond motifs is 1. The first-order valence-corrected chi connectivity index (χ1v) is 15.7. The van der Waals surface area contributed by atoms with E-state index in [0.29, 0.717) is 24.2 Å². The van der Waals surface area contributed by atoms with Crippen LogP contribution in [-0.4, -0.2) is 154 Å². The number of aliphatic carboxylic acids is 2. The molecule has 20 heteroatoms. The Morgan fingerprint density at radius 3 is 2.42 bits per heavy atom. The van der Waals surface area contributed by atoms with Gasteiger partial charge < -0.3 is 36.7 Å². The number of β-lactam (4-membered cyclic amide) rings is 1. The molecule has 0 aliphatic carbocycles. The van der Waals surface area contributed by atoms with Crippen LogP contribution in [-0.2, 0) is 35.3 Å². The number of hydrogen-bond donors (Lipinski definition) is 6. The average Bonchev–Trinajstić information content (AvgIpc) is 3.60. The van der Waals surface area contributed by atoms with E-state index in [9.17, 15) is 39.1 Å². The van der Waals surface area contributed by atoms with Gasteiger partial charge in [-0.2, -0.15) is 0 Å². The van der Waals surface area contributed by atoms with Gasteiger partial charge in [0, 0.05) is 41.9 Å². The number of nitrogens with one attached hydrogen (secondary N) is 2. The fourth-order valence-electron chi connectivity index (χ4n) is 5.09. The molecule has 2 saturated heterocycles. The molecule has 3 aliphatic heterocycles. The summed E-state index contributed by atoms with van der Waals surface area (Å²) in [5.74, 6) is -4.53. The monoisotopic (exact) mass is 717 g/mol. The van der Waals surface area contributed by atoms with Gasteiger partial charge in [0.05, 0.1) is 6.42 Å². The second-order valence-electron chi connectivity index (χ2n) is 10.3. The number of rotatable bonds is 11. The van der Waals surface area contributed by atoms with Crippen LogP contribution in [0, 0.1) is 0 Å². The van der Waals surface area contributed by atoms with Crippen molar-refractivity contribution in [2.45, 2.75) is 37.2 Å². The molecule has 0 spiro atoms. The van der Waals surface area contributed by atoms with E-state index in [4.69, 9.17) is 10.8 Å². The number of benzene rings is 1. The number of nitrogens with two attached hydrogens (primary N) is 1. The number of carbonyl (C=O) groups is 6. The van der Waals surface area contributed by atoms with E-state index in [0.717, 1.165) is 21.8 Å². The van der Waals surface area contributed by atoms with Crippen LogP contribution in [0.25, 0.3) is 0 Å². The van der Waals surface area contributed by atoms with Gasteiger partial charge in [-0.25, -0.2) is 9.78 Å². The number of hydrogen-bond acceptors (Lipinski definition) is 12. The molecule has 244 valence electrons. The summed E-state index contributed by atoms with van der Waals surface area (Å²) >= 11 is 2.25. The number of carboxylic acid groups (broad SMARTS) is 2. The molecular weight excluding hydrogens is 688 g/mol. The number of likely N-dealkylation sites (tertiary alicyclic amines) is 1. The van der Waals surface area contributed by atoms with Crippen LogP contribution in [0.15, 0.2) is 57.7 Å². The van der Waals surface area contributed by atoms with Gasteiger partial charge in [-0.05, 0) is 35.8 Å². The van der Waals surface area contributed by atoms with E-state index in [2.05, 4.69) is 20.8 Å². The summed E-state index contributed by atoms with van der Waals surface area (Å²) in [5.41, 5.74) is 6.83. The third-order valence-corrected chi connectivity index (χ3v) is 9.28. The Morgan fingerprint density at radius 2 is 1.81 bits per heavy atom. The molecule has 16 nitrogen and oxygen atoms in total. The summed E-state index contributed by atoms with van der Waals surface area (Å²) in [7, 11) is 0. The fourth-order valence-corrected chi connectivity index (χ4v) is 6.95. The molecule has 1 aromatic carbocycles. The number of oxime groups is 1. The maximum atomic E-state index is 13.2. The van der Waals surface area contributed by atoms with Gasteiger partial charge in [-0.3, -0.25) is 28.9 Å². The zero-order valence-electron chi connectivity index (χ0n) is 23.8. The van der Waals surface area contributed by atoms with Crippen LogP contribution in [0.5, 0.6) is 0 Å². The fraction of sp³-hybridized carbons (Fsp3) is 0.286. The zero-order chi connectivity index (χ0) is 33.1. The summed E-state index contributed by atoms with van der Waals surface area (Å²) < 4.78 is 0. The van der Waals surface area contributed by atoms with Crippen LogP contribution in [0.3, 0.4) is 0 Å². The van der Waals surface area contributed by atoms with Gasteiger partial charge in [0.2, 0.25) is 11.8 Å². The van der Waals surface area contributed by atoms with Crippen molar-refractivity contribution < 1.29 is 44.2 Å². The summed E-state index contributed by atoms with van der Waals surface area (Å²) in [6.07, 6.45) is 1.44. The number of thiazole rings is 1. The molecular formula is C28H29N7Na2O9S2. The van der Waals surface area contributed by atoms with Crippen molar-refractivity contribution in [1.29, 1.82) is 0 Å². The second-order valence-corrected chi connectivity index (χ2v) is 12.3. The number of nitrogens with zero attached hydrogens (tertiary/aromatic N) is 4. The predicted octanol–water partition coefficient (Wildman–Crippen LogP) is -0.493. The molecule has 2 fully saturated rings. The van der Waals surface area contributed by atoms with Crippen molar-refractivity contribution in [3.05, 3.63) is 63.8 Å². The van der Waals surface area contributed by atoms with Crippen molar-refractivity contribution in [1.82, 2.24) is 20.1 Å². The van der Waals surface area contributed by atoms with Crippen LogP contribution >= 0.6 is 23.1 Å². The minimum atomic E-state index is -1.36. The molecule has 4 amide bonds.